The predicted molar refractivity (Wildman–Crippen MR) is 75.7 cm³/mol. The minimum Gasteiger partial charge on any atom is -0.494 e. The highest BCUT2D eigenvalue weighted by Crippen LogP contribution is 2.13. The molecule has 0 fully saturated rings. The van der Waals surface area contributed by atoms with Crippen LogP contribution < -0.4 is 4.74 Å². The lowest BCUT2D eigenvalue weighted by Crippen LogP contribution is -2.25. The molecule has 19 heavy (non-hydrogen) atoms. The van der Waals surface area contributed by atoms with E-state index < -0.39 is 0 Å². The van der Waals surface area contributed by atoms with Gasteiger partial charge in [-0.2, -0.15) is 0 Å². The second-order valence-electron chi connectivity index (χ2n) is 4.24. The van der Waals surface area contributed by atoms with Gasteiger partial charge in [0.1, 0.15) is 5.75 Å². The Hall–Kier alpha value is -1.55. The van der Waals surface area contributed by atoms with E-state index in [9.17, 15) is 4.79 Å². The molecule has 1 rings (SSSR count). The van der Waals surface area contributed by atoms with E-state index in [0.717, 1.165) is 31.8 Å². The zero-order valence-corrected chi connectivity index (χ0v) is 12.0. The van der Waals surface area contributed by atoms with Crippen molar-refractivity contribution < 1.29 is 14.3 Å². The van der Waals surface area contributed by atoms with Crippen molar-refractivity contribution in [2.75, 3.05) is 33.4 Å². The fourth-order valence-corrected chi connectivity index (χ4v) is 1.82. The predicted octanol–water partition coefficient (Wildman–Crippen LogP) is 2.58. The molecule has 1 aromatic carbocycles. The third-order valence-electron chi connectivity index (χ3n) is 3.06. The van der Waals surface area contributed by atoms with Gasteiger partial charge in [0, 0.05) is 6.54 Å². The van der Waals surface area contributed by atoms with Crippen molar-refractivity contribution in [3.05, 3.63) is 29.8 Å². The number of hydrogen-bond donors (Lipinski definition) is 0. The summed E-state index contributed by atoms with van der Waals surface area (Å²) in [6.45, 7) is 8.21. The number of ether oxygens (including phenoxy) is 2. The number of methoxy groups -OCH3 is 1. The molecule has 0 N–H and O–H groups in total. The molecule has 0 aliphatic rings. The summed E-state index contributed by atoms with van der Waals surface area (Å²) in [5, 5.41) is 0. The third-order valence-corrected chi connectivity index (χ3v) is 3.06. The maximum Gasteiger partial charge on any atom is 0.337 e. The number of rotatable bonds is 8. The molecule has 0 heterocycles. The van der Waals surface area contributed by atoms with Crippen LogP contribution in [0.1, 0.15) is 30.6 Å². The Morgan fingerprint density at radius 1 is 1.16 bits per heavy atom. The van der Waals surface area contributed by atoms with Crippen LogP contribution in [0.2, 0.25) is 0 Å². The second kappa shape index (κ2) is 8.53. The second-order valence-corrected chi connectivity index (χ2v) is 4.24. The molecule has 0 spiro atoms. The minimum absolute atomic E-state index is 0.326. The topological polar surface area (TPSA) is 38.8 Å². The molecular weight excluding hydrogens is 242 g/mol. The van der Waals surface area contributed by atoms with E-state index >= 15 is 0 Å². The molecule has 0 radical (unpaired) electrons. The van der Waals surface area contributed by atoms with E-state index in [1.165, 1.54) is 7.11 Å². The van der Waals surface area contributed by atoms with Gasteiger partial charge in [-0.25, -0.2) is 4.79 Å². The summed E-state index contributed by atoms with van der Waals surface area (Å²) in [6.07, 6.45) is 1.00. The monoisotopic (exact) mass is 265 g/mol. The number of nitrogens with zero attached hydrogens (tertiary/aromatic N) is 1. The average molecular weight is 265 g/mol. The van der Waals surface area contributed by atoms with Crippen molar-refractivity contribution in [3.8, 4) is 5.75 Å². The SMILES string of the molecule is CCN(CC)CCCOc1ccc(C(=O)OC)cc1. The Morgan fingerprint density at radius 3 is 2.32 bits per heavy atom. The van der Waals surface area contributed by atoms with E-state index in [-0.39, 0.29) is 5.97 Å². The first-order valence-corrected chi connectivity index (χ1v) is 6.74. The fraction of sp³-hybridized carbons (Fsp3) is 0.533. The highest BCUT2D eigenvalue weighted by atomic mass is 16.5. The molecule has 0 atom stereocenters. The van der Waals surface area contributed by atoms with Gasteiger partial charge in [-0.15, -0.1) is 0 Å². The van der Waals surface area contributed by atoms with Gasteiger partial charge in [0.15, 0.2) is 0 Å². The third kappa shape index (κ3) is 5.30. The van der Waals surface area contributed by atoms with Gasteiger partial charge in [0.2, 0.25) is 0 Å². The first-order valence-electron chi connectivity index (χ1n) is 6.74. The molecule has 1 aromatic rings. The van der Waals surface area contributed by atoms with Crippen LogP contribution in [-0.2, 0) is 4.74 Å². The van der Waals surface area contributed by atoms with Gasteiger partial charge in [0.05, 0.1) is 19.3 Å². The van der Waals surface area contributed by atoms with Crippen LogP contribution in [0.3, 0.4) is 0 Å². The van der Waals surface area contributed by atoms with Gasteiger partial charge < -0.3 is 14.4 Å². The number of carbonyl (C=O) groups excluding carboxylic acids is 1. The van der Waals surface area contributed by atoms with E-state index in [2.05, 4.69) is 23.5 Å². The summed E-state index contributed by atoms with van der Waals surface area (Å²) >= 11 is 0. The Labute approximate surface area is 115 Å². The maximum absolute atomic E-state index is 11.3. The fourth-order valence-electron chi connectivity index (χ4n) is 1.82. The molecule has 0 amide bonds. The smallest absolute Gasteiger partial charge is 0.337 e. The molecule has 4 nitrogen and oxygen atoms in total. The molecule has 0 aromatic heterocycles. The largest absolute Gasteiger partial charge is 0.494 e. The van der Waals surface area contributed by atoms with Crippen LogP contribution >= 0.6 is 0 Å². The van der Waals surface area contributed by atoms with Crippen molar-refractivity contribution in [2.24, 2.45) is 0 Å². The van der Waals surface area contributed by atoms with Gasteiger partial charge in [-0.3, -0.25) is 0 Å². The standard InChI is InChI=1S/C15H23NO3/c1-4-16(5-2)11-6-12-19-14-9-7-13(8-10-14)15(17)18-3/h7-10H,4-6,11-12H2,1-3H3. The van der Waals surface area contributed by atoms with Crippen LogP contribution in [-0.4, -0.2) is 44.2 Å². The van der Waals surface area contributed by atoms with Gasteiger partial charge in [-0.1, -0.05) is 13.8 Å². The van der Waals surface area contributed by atoms with Crippen LogP contribution in [0.4, 0.5) is 0 Å². The van der Waals surface area contributed by atoms with E-state index in [1.54, 1.807) is 24.3 Å². The van der Waals surface area contributed by atoms with Crippen molar-refractivity contribution in [1.82, 2.24) is 4.90 Å². The van der Waals surface area contributed by atoms with Crippen LogP contribution in [0.5, 0.6) is 5.75 Å². The summed E-state index contributed by atoms with van der Waals surface area (Å²) in [6, 6.07) is 7.02. The Morgan fingerprint density at radius 2 is 1.79 bits per heavy atom. The maximum atomic E-state index is 11.3. The number of benzene rings is 1. The molecule has 0 unspecified atom stereocenters. The Bertz CT molecular complexity index is 371. The summed E-state index contributed by atoms with van der Waals surface area (Å²) in [7, 11) is 1.37. The van der Waals surface area contributed by atoms with Crippen molar-refractivity contribution >= 4 is 5.97 Å². The first-order chi connectivity index (χ1) is 9.21. The molecule has 0 saturated carbocycles. The summed E-state index contributed by atoms with van der Waals surface area (Å²) in [5.74, 6) is 0.459. The van der Waals surface area contributed by atoms with Crippen LogP contribution in [0, 0.1) is 0 Å². The first kappa shape index (κ1) is 15.5. The van der Waals surface area contributed by atoms with Gasteiger partial charge >= 0.3 is 5.97 Å². The van der Waals surface area contributed by atoms with Gasteiger partial charge in [0.25, 0.3) is 0 Å². The number of hydrogen-bond acceptors (Lipinski definition) is 4. The lowest BCUT2D eigenvalue weighted by atomic mass is 10.2. The quantitative estimate of drug-likeness (QED) is 0.535. The Kier molecular flexibility index (Phi) is 6.97. The molecule has 0 aliphatic carbocycles. The molecule has 0 saturated heterocycles. The van der Waals surface area contributed by atoms with Crippen molar-refractivity contribution in [1.29, 1.82) is 0 Å². The van der Waals surface area contributed by atoms with Crippen LogP contribution in [0.25, 0.3) is 0 Å². The summed E-state index contributed by atoms with van der Waals surface area (Å²) in [4.78, 5) is 13.6. The number of carbonyl (C=O) groups is 1. The average Bonchev–Trinajstić information content (AvgIpc) is 2.47. The molecular formula is C15H23NO3. The highest BCUT2D eigenvalue weighted by molar-refractivity contribution is 5.89. The zero-order chi connectivity index (χ0) is 14.1. The van der Waals surface area contributed by atoms with E-state index in [4.69, 9.17) is 4.74 Å². The lowest BCUT2D eigenvalue weighted by molar-refractivity contribution is 0.0600. The minimum atomic E-state index is -0.326. The van der Waals surface area contributed by atoms with Crippen molar-refractivity contribution in [2.45, 2.75) is 20.3 Å². The van der Waals surface area contributed by atoms with Gasteiger partial charge in [-0.05, 0) is 43.8 Å². The molecule has 106 valence electrons. The highest BCUT2D eigenvalue weighted by Gasteiger charge is 2.04. The summed E-state index contributed by atoms with van der Waals surface area (Å²) in [5.41, 5.74) is 0.540. The molecule has 0 aliphatic heterocycles. The summed E-state index contributed by atoms with van der Waals surface area (Å²) < 4.78 is 10.3. The normalized spacial score (nSPS) is 10.5. The molecule has 4 heteroatoms. The number of esters is 1. The zero-order valence-electron chi connectivity index (χ0n) is 12.0. The molecule has 0 bridgehead atoms. The Balaban J connectivity index is 2.32. The van der Waals surface area contributed by atoms with Crippen LogP contribution in [0.15, 0.2) is 24.3 Å². The van der Waals surface area contributed by atoms with Crippen molar-refractivity contribution in [3.63, 3.8) is 0 Å². The van der Waals surface area contributed by atoms with E-state index in [1.807, 2.05) is 0 Å². The van der Waals surface area contributed by atoms with E-state index in [0.29, 0.717) is 12.2 Å². The lowest BCUT2D eigenvalue weighted by Gasteiger charge is -2.17.